The highest BCUT2D eigenvalue weighted by Crippen LogP contribution is 2.34. The van der Waals surface area contributed by atoms with Gasteiger partial charge in [0.25, 0.3) is 0 Å². The highest BCUT2D eigenvalue weighted by molar-refractivity contribution is 6.30. The number of hydrogen-bond acceptors (Lipinski definition) is 4. The number of carbonyl (C=O) groups excluding carboxylic acids is 2. The molecule has 148 valence electrons. The average molecular weight is 403 g/mol. The van der Waals surface area contributed by atoms with Crippen LogP contribution in [-0.4, -0.2) is 46.6 Å². The zero-order chi connectivity index (χ0) is 19.7. The summed E-state index contributed by atoms with van der Waals surface area (Å²) in [6.45, 7) is 3.42. The number of anilines is 1. The van der Waals surface area contributed by atoms with E-state index in [1.807, 2.05) is 17.0 Å². The Kier molecular flexibility index (Phi) is 5.26. The van der Waals surface area contributed by atoms with Crippen molar-refractivity contribution in [2.45, 2.75) is 38.5 Å². The van der Waals surface area contributed by atoms with Gasteiger partial charge in [-0.25, -0.2) is 0 Å². The van der Waals surface area contributed by atoms with Gasteiger partial charge in [-0.3, -0.25) is 14.7 Å². The Morgan fingerprint density at radius 3 is 3.11 bits per heavy atom. The molecule has 0 spiro atoms. The molecule has 28 heavy (non-hydrogen) atoms. The maximum absolute atomic E-state index is 13.0. The lowest BCUT2D eigenvalue weighted by Gasteiger charge is -2.33. The maximum atomic E-state index is 13.0. The van der Waals surface area contributed by atoms with Crippen molar-refractivity contribution in [3.05, 3.63) is 40.2 Å². The summed E-state index contributed by atoms with van der Waals surface area (Å²) < 4.78 is 5.72. The number of benzene rings is 1. The SMILES string of the molecule is CC(=O)Nc1cn[nH]c1C1CCCN(C(=O)Cc2cc(Cl)cc3c2OCC3)C1. The standard InChI is InChI=1S/C20H23ClN4O3/c1-12(26)23-17-10-22-24-19(17)14-3-2-5-25(11-14)18(27)9-15-8-16(21)7-13-4-6-28-20(13)15/h7-8,10,14H,2-6,9,11H2,1H3,(H,22,24)(H,23,26). The van der Waals surface area contributed by atoms with Crippen LogP contribution in [0.5, 0.6) is 5.75 Å². The second-order valence-electron chi connectivity index (χ2n) is 7.39. The Morgan fingerprint density at radius 1 is 1.43 bits per heavy atom. The van der Waals surface area contributed by atoms with Gasteiger partial charge in [0, 0.05) is 42.9 Å². The summed E-state index contributed by atoms with van der Waals surface area (Å²) in [5, 5.41) is 10.5. The lowest BCUT2D eigenvalue weighted by molar-refractivity contribution is -0.131. The maximum Gasteiger partial charge on any atom is 0.227 e. The van der Waals surface area contributed by atoms with Crippen LogP contribution in [0.15, 0.2) is 18.3 Å². The zero-order valence-corrected chi connectivity index (χ0v) is 16.5. The van der Waals surface area contributed by atoms with E-state index in [1.54, 1.807) is 6.20 Å². The fraction of sp³-hybridized carbons (Fsp3) is 0.450. The Morgan fingerprint density at radius 2 is 2.29 bits per heavy atom. The second kappa shape index (κ2) is 7.83. The number of halogens is 1. The Bertz CT molecular complexity index is 911. The van der Waals surface area contributed by atoms with Crippen LogP contribution in [0.4, 0.5) is 5.69 Å². The summed E-state index contributed by atoms with van der Waals surface area (Å²) in [5.74, 6) is 0.850. The number of amides is 2. The molecule has 4 rings (SSSR count). The predicted molar refractivity (Wildman–Crippen MR) is 106 cm³/mol. The van der Waals surface area contributed by atoms with Crippen LogP contribution in [0.3, 0.4) is 0 Å². The molecular weight excluding hydrogens is 380 g/mol. The molecular formula is C20H23ClN4O3. The van der Waals surface area contributed by atoms with Crippen molar-refractivity contribution in [3.63, 3.8) is 0 Å². The van der Waals surface area contributed by atoms with Crippen LogP contribution in [-0.2, 0) is 22.4 Å². The lowest BCUT2D eigenvalue weighted by atomic mass is 9.93. The molecule has 0 bridgehead atoms. The zero-order valence-electron chi connectivity index (χ0n) is 15.8. The minimum atomic E-state index is -0.138. The average Bonchev–Trinajstić information content (AvgIpc) is 3.30. The van der Waals surface area contributed by atoms with Crippen molar-refractivity contribution in [2.24, 2.45) is 0 Å². The number of nitrogens with one attached hydrogen (secondary N) is 2. The van der Waals surface area contributed by atoms with Crippen LogP contribution in [0.1, 0.15) is 42.5 Å². The van der Waals surface area contributed by atoms with Crippen LogP contribution < -0.4 is 10.1 Å². The minimum Gasteiger partial charge on any atom is -0.493 e. The van der Waals surface area contributed by atoms with Gasteiger partial charge in [-0.1, -0.05) is 11.6 Å². The van der Waals surface area contributed by atoms with Crippen molar-refractivity contribution < 1.29 is 14.3 Å². The molecule has 0 aliphatic carbocycles. The molecule has 1 aromatic carbocycles. The highest BCUT2D eigenvalue weighted by Gasteiger charge is 2.29. The number of ether oxygens (including phenoxy) is 1. The third-order valence-corrected chi connectivity index (χ3v) is 5.55. The smallest absolute Gasteiger partial charge is 0.227 e. The molecule has 1 atom stereocenters. The van der Waals surface area contributed by atoms with Crippen molar-refractivity contribution in [2.75, 3.05) is 25.0 Å². The molecule has 0 radical (unpaired) electrons. The molecule has 8 heteroatoms. The summed E-state index contributed by atoms with van der Waals surface area (Å²) in [6.07, 6.45) is 4.56. The molecule has 1 unspecified atom stereocenters. The first kappa shape index (κ1) is 18.8. The number of aromatic nitrogens is 2. The molecule has 2 amide bonds. The molecule has 2 N–H and O–H groups in total. The number of likely N-dealkylation sites (tertiary alicyclic amines) is 1. The molecule has 1 fully saturated rings. The van der Waals surface area contributed by atoms with E-state index in [4.69, 9.17) is 16.3 Å². The third-order valence-electron chi connectivity index (χ3n) is 5.33. The number of aromatic amines is 1. The highest BCUT2D eigenvalue weighted by atomic mass is 35.5. The molecule has 0 saturated carbocycles. The normalized spacial score (nSPS) is 18.5. The summed E-state index contributed by atoms with van der Waals surface area (Å²) in [5.41, 5.74) is 3.49. The number of fused-ring (bicyclic) bond motifs is 1. The van der Waals surface area contributed by atoms with E-state index in [1.165, 1.54) is 6.92 Å². The first-order valence-electron chi connectivity index (χ1n) is 9.54. The minimum absolute atomic E-state index is 0.0604. The van der Waals surface area contributed by atoms with Crippen molar-refractivity contribution in [1.29, 1.82) is 0 Å². The number of hydrogen-bond donors (Lipinski definition) is 2. The van der Waals surface area contributed by atoms with E-state index in [9.17, 15) is 9.59 Å². The fourth-order valence-corrected chi connectivity index (χ4v) is 4.35. The van der Waals surface area contributed by atoms with Crippen molar-refractivity contribution >= 4 is 29.1 Å². The molecule has 3 heterocycles. The van der Waals surface area contributed by atoms with Gasteiger partial charge < -0.3 is 15.0 Å². The Hall–Kier alpha value is -2.54. The van der Waals surface area contributed by atoms with Crippen molar-refractivity contribution in [3.8, 4) is 5.75 Å². The summed E-state index contributed by atoms with van der Waals surface area (Å²) in [6, 6.07) is 3.74. The number of rotatable bonds is 4. The predicted octanol–water partition coefficient (Wildman–Crippen LogP) is 2.91. The summed E-state index contributed by atoms with van der Waals surface area (Å²) in [4.78, 5) is 26.3. The second-order valence-corrected chi connectivity index (χ2v) is 7.82. The molecule has 2 aliphatic heterocycles. The number of carbonyl (C=O) groups is 2. The number of nitrogens with zero attached hydrogens (tertiary/aromatic N) is 2. The van der Waals surface area contributed by atoms with Gasteiger partial charge in [-0.05, 0) is 30.5 Å². The van der Waals surface area contributed by atoms with Gasteiger partial charge in [-0.2, -0.15) is 5.10 Å². The van der Waals surface area contributed by atoms with Crippen molar-refractivity contribution in [1.82, 2.24) is 15.1 Å². The Labute approximate surface area is 168 Å². The molecule has 2 aliphatic rings. The topological polar surface area (TPSA) is 87.3 Å². The van der Waals surface area contributed by atoms with Gasteiger partial charge in [0.2, 0.25) is 11.8 Å². The number of piperidine rings is 1. The Balaban J connectivity index is 1.48. The fourth-order valence-electron chi connectivity index (χ4n) is 4.09. The molecule has 1 aromatic heterocycles. The van der Waals surface area contributed by atoms with E-state index in [0.29, 0.717) is 23.9 Å². The van der Waals surface area contributed by atoms with Gasteiger partial charge in [0.1, 0.15) is 5.75 Å². The molecule has 1 saturated heterocycles. The van der Waals surface area contributed by atoms with Gasteiger partial charge in [-0.15, -0.1) is 0 Å². The van der Waals surface area contributed by atoms with E-state index in [-0.39, 0.29) is 24.2 Å². The third kappa shape index (κ3) is 3.85. The molecule has 7 nitrogen and oxygen atoms in total. The first-order chi connectivity index (χ1) is 13.5. The quantitative estimate of drug-likeness (QED) is 0.823. The van der Waals surface area contributed by atoms with Gasteiger partial charge in [0.15, 0.2) is 0 Å². The lowest BCUT2D eigenvalue weighted by Crippen LogP contribution is -2.40. The van der Waals surface area contributed by atoms with E-state index >= 15 is 0 Å². The monoisotopic (exact) mass is 402 g/mol. The summed E-state index contributed by atoms with van der Waals surface area (Å²) >= 11 is 6.22. The van der Waals surface area contributed by atoms with Crippen LogP contribution in [0.2, 0.25) is 5.02 Å². The van der Waals surface area contributed by atoms with E-state index in [2.05, 4.69) is 15.5 Å². The largest absolute Gasteiger partial charge is 0.493 e. The van der Waals surface area contributed by atoms with Crippen LogP contribution in [0, 0.1) is 0 Å². The summed E-state index contributed by atoms with van der Waals surface area (Å²) in [7, 11) is 0. The number of H-pyrrole nitrogens is 1. The van der Waals surface area contributed by atoms with Crippen LogP contribution >= 0.6 is 11.6 Å². The first-order valence-corrected chi connectivity index (χ1v) is 9.92. The van der Waals surface area contributed by atoms with E-state index < -0.39 is 0 Å². The van der Waals surface area contributed by atoms with E-state index in [0.717, 1.165) is 48.4 Å². The van der Waals surface area contributed by atoms with Crippen LogP contribution in [0.25, 0.3) is 0 Å². The van der Waals surface area contributed by atoms with Gasteiger partial charge in [0.05, 0.1) is 30.6 Å². The molecule has 2 aromatic rings. The van der Waals surface area contributed by atoms with Gasteiger partial charge >= 0.3 is 0 Å².